The SMILES string of the molecule is C[Si]([O])(c1ccccc1)c1ccccc1. The van der Waals surface area contributed by atoms with Crippen molar-refractivity contribution in [3.05, 3.63) is 60.7 Å². The summed E-state index contributed by atoms with van der Waals surface area (Å²) in [5.74, 6) is 0. The highest BCUT2D eigenvalue weighted by Crippen LogP contribution is 2.01. The fourth-order valence-corrected chi connectivity index (χ4v) is 3.67. The zero-order chi connectivity index (χ0) is 10.7. The van der Waals surface area contributed by atoms with Crippen molar-refractivity contribution in [3.63, 3.8) is 0 Å². The van der Waals surface area contributed by atoms with Crippen molar-refractivity contribution in [2.45, 2.75) is 6.55 Å². The lowest BCUT2D eigenvalue weighted by Crippen LogP contribution is -2.54. The van der Waals surface area contributed by atoms with Crippen LogP contribution in [0.1, 0.15) is 0 Å². The molecule has 2 aromatic carbocycles. The molecule has 0 aliphatic carbocycles. The average Bonchev–Trinajstić information content (AvgIpc) is 2.31. The van der Waals surface area contributed by atoms with Crippen LogP contribution in [0.4, 0.5) is 0 Å². The maximum absolute atomic E-state index is 12.6. The molecule has 0 amide bonds. The monoisotopic (exact) mass is 213 g/mol. The Labute approximate surface area is 91.2 Å². The number of hydrogen-bond acceptors (Lipinski definition) is 0. The van der Waals surface area contributed by atoms with Gasteiger partial charge in [0.05, 0.1) is 0 Å². The maximum atomic E-state index is 12.6. The highest BCUT2D eigenvalue weighted by Gasteiger charge is 2.31. The molecular weight excluding hydrogens is 200 g/mol. The third-order valence-corrected chi connectivity index (χ3v) is 5.52. The zero-order valence-electron chi connectivity index (χ0n) is 8.68. The third kappa shape index (κ3) is 2.01. The van der Waals surface area contributed by atoms with Gasteiger partial charge in [0.25, 0.3) is 8.32 Å². The molecule has 0 aromatic heterocycles. The zero-order valence-corrected chi connectivity index (χ0v) is 9.68. The van der Waals surface area contributed by atoms with Crippen LogP contribution in [-0.2, 0) is 4.80 Å². The second-order valence-electron chi connectivity index (χ2n) is 3.77. The molecule has 2 heteroatoms. The molecular formula is C13H13OSi. The van der Waals surface area contributed by atoms with Gasteiger partial charge >= 0.3 is 0 Å². The molecule has 0 bridgehead atoms. The first-order valence-electron chi connectivity index (χ1n) is 5.03. The van der Waals surface area contributed by atoms with Gasteiger partial charge in [-0.1, -0.05) is 60.7 Å². The van der Waals surface area contributed by atoms with Crippen molar-refractivity contribution in [2.24, 2.45) is 0 Å². The molecule has 0 aliphatic rings. The molecule has 75 valence electrons. The first-order valence-corrected chi connectivity index (χ1v) is 7.43. The summed E-state index contributed by atoms with van der Waals surface area (Å²) in [7, 11) is -2.71. The highest BCUT2D eigenvalue weighted by atomic mass is 28.4. The largest absolute Gasteiger partial charge is 0.295 e. The van der Waals surface area contributed by atoms with E-state index in [0.717, 1.165) is 10.4 Å². The van der Waals surface area contributed by atoms with Crippen molar-refractivity contribution in [1.29, 1.82) is 0 Å². The molecule has 0 saturated heterocycles. The van der Waals surface area contributed by atoms with E-state index in [2.05, 4.69) is 0 Å². The lowest BCUT2D eigenvalue weighted by molar-refractivity contribution is 0.449. The molecule has 1 nitrogen and oxygen atoms in total. The summed E-state index contributed by atoms with van der Waals surface area (Å²) >= 11 is 0. The summed E-state index contributed by atoms with van der Waals surface area (Å²) in [6.45, 7) is 1.84. The molecule has 15 heavy (non-hydrogen) atoms. The standard InChI is InChI=1S/C13H13OSi/c1-15(14,12-8-4-2-5-9-12)13-10-6-3-7-11-13/h2-11H,1H3. The topological polar surface area (TPSA) is 19.9 Å². The molecule has 0 spiro atoms. The quantitative estimate of drug-likeness (QED) is 0.678. The van der Waals surface area contributed by atoms with Gasteiger partial charge in [-0.05, 0) is 16.9 Å². The Kier molecular flexibility index (Phi) is 2.71. The van der Waals surface area contributed by atoms with E-state index in [1.165, 1.54) is 0 Å². The number of benzene rings is 2. The van der Waals surface area contributed by atoms with E-state index in [1.54, 1.807) is 0 Å². The maximum Gasteiger partial charge on any atom is 0.295 e. The van der Waals surface area contributed by atoms with Crippen LogP contribution in [0.25, 0.3) is 0 Å². The predicted octanol–water partition coefficient (Wildman–Crippen LogP) is 1.81. The minimum Gasteiger partial charge on any atom is -0.286 e. The third-order valence-electron chi connectivity index (χ3n) is 2.65. The summed E-state index contributed by atoms with van der Waals surface area (Å²) in [4.78, 5) is 12.6. The highest BCUT2D eigenvalue weighted by molar-refractivity contribution is 6.95. The van der Waals surface area contributed by atoms with E-state index in [1.807, 2.05) is 67.2 Å². The summed E-state index contributed by atoms with van der Waals surface area (Å²) < 4.78 is 0. The Hall–Kier alpha value is -1.38. The Morgan fingerprint density at radius 1 is 0.733 bits per heavy atom. The van der Waals surface area contributed by atoms with E-state index in [-0.39, 0.29) is 0 Å². The molecule has 0 unspecified atom stereocenters. The lowest BCUT2D eigenvalue weighted by Gasteiger charge is -2.18. The second kappa shape index (κ2) is 4.01. The van der Waals surface area contributed by atoms with Crippen LogP contribution in [0.15, 0.2) is 60.7 Å². The average molecular weight is 213 g/mol. The molecule has 1 radical (unpaired) electrons. The smallest absolute Gasteiger partial charge is 0.286 e. The van der Waals surface area contributed by atoms with Crippen LogP contribution < -0.4 is 10.4 Å². The second-order valence-corrected chi connectivity index (χ2v) is 6.99. The summed E-state index contributed by atoms with van der Waals surface area (Å²) in [6.07, 6.45) is 0. The van der Waals surface area contributed by atoms with E-state index in [4.69, 9.17) is 0 Å². The molecule has 0 saturated carbocycles. The fourth-order valence-electron chi connectivity index (χ4n) is 1.68. The number of rotatable bonds is 2. The molecule has 0 atom stereocenters. The molecule has 0 N–H and O–H groups in total. The molecule has 2 rings (SSSR count). The first kappa shape index (κ1) is 10.1. The number of hydrogen-bond donors (Lipinski definition) is 0. The Bertz CT molecular complexity index is 381. The van der Waals surface area contributed by atoms with Gasteiger partial charge in [0, 0.05) is 0 Å². The summed E-state index contributed by atoms with van der Waals surface area (Å²) in [6, 6.07) is 19.4. The van der Waals surface area contributed by atoms with Gasteiger partial charge in [0.1, 0.15) is 0 Å². The van der Waals surface area contributed by atoms with Gasteiger partial charge in [0.2, 0.25) is 0 Å². The molecule has 0 fully saturated rings. The predicted molar refractivity (Wildman–Crippen MR) is 64.5 cm³/mol. The van der Waals surface area contributed by atoms with E-state index in [9.17, 15) is 4.80 Å². The van der Waals surface area contributed by atoms with Crippen molar-refractivity contribution in [1.82, 2.24) is 0 Å². The van der Waals surface area contributed by atoms with Crippen molar-refractivity contribution >= 4 is 18.7 Å². The van der Waals surface area contributed by atoms with Crippen molar-refractivity contribution in [2.75, 3.05) is 0 Å². The molecule has 0 heterocycles. The van der Waals surface area contributed by atoms with E-state index >= 15 is 0 Å². The van der Waals surface area contributed by atoms with Gasteiger partial charge < -0.3 is 0 Å². The van der Waals surface area contributed by atoms with E-state index < -0.39 is 8.32 Å². The Morgan fingerprint density at radius 2 is 1.07 bits per heavy atom. The summed E-state index contributed by atoms with van der Waals surface area (Å²) in [5, 5.41) is 1.88. The fraction of sp³-hybridized carbons (Fsp3) is 0.0769. The van der Waals surface area contributed by atoms with E-state index in [0.29, 0.717) is 0 Å². The van der Waals surface area contributed by atoms with Gasteiger partial charge in [0.15, 0.2) is 0 Å². The van der Waals surface area contributed by atoms with Gasteiger partial charge in [-0.3, -0.25) is 4.80 Å². The van der Waals surface area contributed by atoms with Crippen LogP contribution in [-0.4, -0.2) is 8.32 Å². The minimum atomic E-state index is -2.71. The molecule has 0 aliphatic heterocycles. The van der Waals surface area contributed by atoms with Crippen molar-refractivity contribution in [3.8, 4) is 0 Å². The Morgan fingerprint density at radius 3 is 1.40 bits per heavy atom. The van der Waals surface area contributed by atoms with Crippen LogP contribution in [0, 0.1) is 0 Å². The molecule has 2 aromatic rings. The summed E-state index contributed by atoms with van der Waals surface area (Å²) in [5.41, 5.74) is 0. The van der Waals surface area contributed by atoms with Crippen molar-refractivity contribution < 1.29 is 4.80 Å². The van der Waals surface area contributed by atoms with Crippen LogP contribution in [0.5, 0.6) is 0 Å². The van der Waals surface area contributed by atoms with Gasteiger partial charge in [-0.15, -0.1) is 0 Å². The van der Waals surface area contributed by atoms with Gasteiger partial charge in [-0.2, -0.15) is 0 Å². The van der Waals surface area contributed by atoms with Crippen LogP contribution in [0.3, 0.4) is 0 Å². The first-order chi connectivity index (χ1) is 7.21. The Balaban J connectivity index is 2.44. The van der Waals surface area contributed by atoms with Gasteiger partial charge in [-0.25, -0.2) is 0 Å². The normalized spacial score (nSPS) is 11.3. The van der Waals surface area contributed by atoms with Crippen LogP contribution in [0.2, 0.25) is 6.55 Å². The lowest BCUT2D eigenvalue weighted by atomic mass is 10.4. The minimum absolute atomic E-state index is 0.941. The van der Waals surface area contributed by atoms with Crippen LogP contribution >= 0.6 is 0 Å².